The van der Waals surface area contributed by atoms with Gasteiger partial charge in [0.25, 0.3) is 0 Å². The molecular weight excluding hydrogens is 168 g/mol. The van der Waals surface area contributed by atoms with Crippen molar-refractivity contribution in [3.8, 4) is 0 Å². The van der Waals surface area contributed by atoms with Crippen molar-refractivity contribution in [3.05, 3.63) is 35.4 Å². The predicted molar refractivity (Wildman–Crippen MR) is 65.8 cm³/mol. The Kier molecular flexibility index (Phi) is 5.52. The molecule has 0 aromatic heterocycles. The molecule has 14 heavy (non-hydrogen) atoms. The highest BCUT2D eigenvalue weighted by Gasteiger charge is 2.18. The van der Waals surface area contributed by atoms with Gasteiger partial charge in [-0.15, -0.1) is 0 Å². The molecule has 0 aliphatic carbocycles. The van der Waals surface area contributed by atoms with Gasteiger partial charge in [0.15, 0.2) is 0 Å². The summed E-state index contributed by atoms with van der Waals surface area (Å²) in [7, 11) is 0. The molecule has 0 amide bonds. The van der Waals surface area contributed by atoms with Gasteiger partial charge in [-0.25, -0.2) is 0 Å². The maximum atomic E-state index is 2.30. The van der Waals surface area contributed by atoms with E-state index in [9.17, 15) is 0 Å². The fraction of sp³-hybridized carbons (Fsp3) is 0.571. The molecule has 0 N–H and O–H groups in total. The minimum Gasteiger partial charge on any atom is -0.0683 e. The summed E-state index contributed by atoms with van der Waals surface area (Å²) in [5, 5.41) is 0. The zero-order valence-electron chi connectivity index (χ0n) is 10.5. The highest BCUT2D eigenvalue weighted by molar-refractivity contribution is 5.31. The molecule has 0 saturated heterocycles. The van der Waals surface area contributed by atoms with Crippen LogP contribution in [-0.4, -0.2) is 0 Å². The first kappa shape index (κ1) is 13.2. The van der Waals surface area contributed by atoms with Crippen LogP contribution in [0.1, 0.15) is 52.2 Å². The Hall–Kier alpha value is -0.780. The van der Waals surface area contributed by atoms with Gasteiger partial charge in [0.05, 0.1) is 0 Å². The molecule has 80 valence electrons. The van der Waals surface area contributed by atoms with E-state index in [1.54, 1.807) is 0 Å². The molecule has 0 heteroatoms. The van der Waals surface area contributed by atoms with Crippen molar-refractivity contribution in [2.75, 3.05) is 0 Å². The number of hydrogen-bond acceptors (Lipinski definition) is 0. The lowest BCUT2D eigenvalue weighted by Gasteiger charge is -2.25. The summed E-state index contributed by atoms with van der Waals surface area (Å²) in [6.07, 6.45) is 1.19. The van der Waals surface area contributed by atoms with Crippen LogP contribution in [0.2, 0.25) is 0 Å². The molecule has 0 aliphatic heterocycles. The molecule has 1 aromatic carbocycles. The molecule has 1 rings (SSSR count). The number of benzene rings is 1. The molecule has 0 nitrogen and oxygen atoms in total. The maximum absolute atomic E-state index is 2.30. The smallest absolute Gasteiger partial charge is 0.0104 e. The van der Waals surface area contributed by atoms with Crippen molar-refractivity contribution >= 4 is 0 Å². The second-order valence-corrected chi connectivity index (χ2v) is 4.05. The topological polar surface area (TPSA) is 0 Å². The van der Waals surface area contributed by atoms with Gasteiger partial charge in [-0.05, 0) is 29.9 Å². The van der Waals surface area contributed by atoms with Crippen LogP contribution in [0.4, 0.5) is 0 Å². The molecule has 0 unspecified atom stereocenters. The first-order valence-electron chi connectivity index (χ1n) is 5.64. The van der Waals surface area contributed by atoms with Gasteiger partial charge in [-0.1, -0.05) is 58.9 Å². The molecule has 0 aliphatic rings. The average Bonchev–Trinajstić information content (AvgIpc) is 2.21. The summed E-state index contributed by atoms with van der Waals surface area (Å²) in [5.41, 5.74) is 3.21. The second-order valence-electron chi connectivity index (χ2n) is 4.05. The first-order chi connectivity index (χ1) is 6.58. The van der Waals surface area contributed by atoms with Crippen molar-refractivity contribution < 1.29 is 0 Å². The van der Waals surface area contributed by atoms with E-state index in [2.05, 4.69) is 52.0 Å². The van der Waals surface area contributed by atoms with Crippen LogP contribution in [0, 0.1) is 6.92 Å². The van der Waals surface area contributed by atoms with E-state index in [-0.39, 0.29) is 0 Å². The third-order valence-electron chi connectivity index (χ3n) is 2.76. The first-order valence-corrected chi connectivity index (χ1v) is 5.64. The lowest BCUT2D eigenvalue weighted by Crippen LogP contribution is -2.16. The molecule has 0 atom stereocenters. The molecule has 0 saturated carbocycles. The zero-order chi connectivity index (χ0) is 11.2. The summed E-state index contributed by atoms with van der Waals surface area (Å²) < 4.78 is 0. The van der Waals surface area contributed by atoms with Crippen LogP contribution in [0.3, 0.4) is 0 Å². The van der Waals surface area contributed by atoms with Gasteiger partial charge in [0, 0.05) is 0 Å². The SMILES string of the molecule is CC.CCC(C)(C)c1ccccc1C. The Morgan fingerprint density at radius 1 is 1.07 bits per heavy atom. The predicted octanol–water partition coefficient (Wildman–Crippen LogP) is 4.71. The van der Waals surface area contributed by atoms with Crippen molar-refractivity contribution in [3.63, 3.8) is 0 Å². The zero-order valence-corrected chi connectivity index (χ0v) is 10.5. The van der Waals surface area contributed by atoms with Gasteiger partial charge in [0.1, 0.15) is 0 Å². The van der Waals surface area contributed by atoms with Crippen LogP contribution in [0.15, 0.2) is 24.3 Å². The van der Waals surface area contributed by atoms with Crippen molar-refractivity contribution in [2.24, 2.45) is 0 Å². The van der Waals surface area contributed by atoms with E-state index in [1.165, 1.54) is 17.5 Å². The lowest BCUT2D eigenvalue weighted by molar-refractivity contribution is 0.503. The maximum Gasteiger partial charge on any atom is -0.0104 e. The molecule has 0 fully saturated rings. The third kappa shape index (κ3) is 3.17. The van der Waals surface area contributed by atoms with Crippen LogP contribution in [0.5, 0.6) is 0 Å². The Morgan fingerprint density at radius 2 is 1.57 bits per heavy atom. The van der Waals surface area contributed by atoms with E-state index in [1.807, 2.05) is 13.8 Å². The highest BCUT2D eigenvalue weighted by atomic mass is 14.2. The van der Waals surface area contributed by atoms with Gasteiger partial charge in [-0.3, -0.25) is 0 Å². The Balaban J connectivity index is 0.000000791. The summed E-state index contributed by atoms with van der Waals surface area (Å²) in [6.45, 7) is 13.0. The van der Waals surface area contributed by atoms with Gasteiger partial charge < -0.3 is 0 Å². The molecule has 0 spiro atoms. The molecule has 0 heterocycles. The number of rotatable bonds is 2. The van der Waals surface area contributed by atoms with Gasteiger partial charge >= 0.3 is 0 Å². The van der Waals surface area contributed by atoms with Gasteiger partial charge in [0.2, 0.25) is 0 Å². The van der Waals surface area contributed by atoms with Crippen LogP contribution < -0.4 is 0 Å². The van der Waals surface area contributed by atoms with E-state index < -0.39 is 0 Å². The molecule has 1 aromatic rings. The Labute approximate surface area is 89.4 Å². The van der Waals surface area contributed by atoms with Crippen molar-refractivity contribution in [2.45, 2.75) is 53.4 Å². The second kappa shape index (κ2) is 5.85. The average molecular weight is 192 g/mol. The fourth-order valence-corrected chi connectivity index (χ4v) is 1.52. The normalized spacial score (nSPS) is 10.4. The van der Waals surface area contributed by atoms with E-state index in [0.29, 0.717) is 5.41 Å². The standard InChI is InChI=1S/C12H18.C2H6/c1-5-12(3,4)11-9-7-6-8-10(11)2;1-2/h6-9H,5H2,1-4H3;1-2H3. The van der Waals surface area contributed by atoms with Crippen LogP contribution in [-0.2, 0) is 5.41 Å². The number of hydrogen-bond donors (Lipinski definition) is 0. The highest BCUT2D eigenvalue weighted by Crippen LogP contribution is 2.28. The molecule has 0 bridgehead atoms. The van der Waals surface area contributed by atoms with E-state index in [4.69, 9.17) is 0 Å². The quantitative estimate of drug-likeness (QED) is 0.636. The summed E-state index contributed by atoms with van der Waals surface area (Å²) in [4.78, 5) is 0. The monoisotopic (exact) mass is 192 g/mol. The molecular formula is C14H24. The lowest BCUT2D eigenvalue weighted by atomic mass is 9.80. The number of aryl methyl sites for hydroxylation is 1. The van der Waals surface area contributed by atoms with Crippen LogP contribution >= 0.6 is 0 Å². The van der Waals surface area contributed by atoms with E-state index >= 15 is 0 Å². The summed E-state index contributed by atoms with van der Waals surface area (Å²) >= 11 is 0. The largest absolute Gasteiger partial charge is 0.0683 e. The third-order valence-corrected chi connectivity index (χ3v) is 2.76. The summed E-state index contributed by atoms with van der Waals surface area (Å²) in [5.74, 6) is 0. The Morgan fingerprint density at radius 3 is 2.00 bits per heavy atom. The van der Waals surface area contributed by atoms with Crippen LogP contribution in [0.25, 0.3) is 0 Å². The summed E-state index contributed by atoms with van der Waals surface area (Å²) in [6, 6.07) is 8.65. The fourth-order valence-electron chi connectivity index (χ4n) is 1.52. The minimum atomic E-state index is 0.325. The van der Waals surface area contributed by atoms with Crippen molar-refractivity contribution in [1.82, 2.24) is 0 Å². The minimum absolute atomic E-state index is 0.325. The van der Waals surface area contributed by atoms with E-state index in [0.717, 1.165) is 0 Å². The molecule has 0 radical (unpaired) electrons. The Bertz CT molecular complexity index is 258. The van der Waals surface area contributed by atoms with Crippen molar-refractivity contribution in [1.29, 1.82) is 0 Å². The van der Waals surface area contributed by atoms with Gasteiger partial charge in [-0.2, -0.15) is 0 Å².